The van der Waals surface area contributed by atoms with Crippen LogP contribution in [0.5, 0.6) is 0 Å². The molecule has 0 aliphatic carbocycles. The summed E-state index contributed by atoms with van der Waals surface area (Å²) in [5, 5.41) is 16.5. The number of amides is 1. The molecule has 0 atom stereocenters. The Labute approximate surface area is 138 Å². The van der Waals surface area contributed by atoms with Crippen LogP contribution in [0.3, 0.4) is 0 Å². The number of benzene rings is 1. The van der Waals surface area contributed by atoms with Crippen LogP contribution in [-0.4, -0.2) is 32.3 Å². The number of aromatic nitrogens is 3. The molecule has 1 amide bonds. The molecule has 6 heteroatoms. The molecule has 2 aromatic heterocycles. The van der Waals surface area contributed by atoms with E-state index in [2.05, 4.69) is 15.4 Å². The molecule has 120 valence electrons. The Morgan fingerprint density at radius 1 is 1.08 bits per heavy atom. The van der Waals surface area contributed by atoms with E-state index in [0.29, 0.717) is 18.8 Å². The van der Waals surface area contributed by atoms with Crippen LogP contribution in [-0.2, 0) is 13.2 Å². The summed E-state index contributed by atoms with van der Waals surface area (Å²) in [6, 6.07) is 13.3. The molecule has 1 aliphatic heterocycles. The van der Waals surface area contributed by atoms with E-state index in [1.54, 1.807) is 10.9 Å². The molecule has 0 saturated heterocycles. The summed E-state index contributed by atoms with van der Waals surface area (Å²) in [6.07, 6.45) is 1.74. The van der Waals surface area contributed by atoms with Crippen molar-refractivity contribution in [3.05, 3.63) is 59.9 Å². The summed E-state index contributed by atoms with van der Waals surface area (Å²) in [7, 11) is 0. The van der Waals surface area contributed by atoms with Gasteiger partial charge in [-0.2, -0.15) is 5.10 Å². The van der Waals surface area contributed by atoms with E-state index in [1.165, 1.54) is 0 Å². The molecule has 0 unspecified atom stereocenters. The third-order valence-electron chi connectivity index (χ3n) is 4.11. The van der Waals surface area contributed by atoms with Crippen LogP contribution in [0.1, 0.15) is 16.1 Å². The van der Waals surface area contributed by atoms with Gasteiger partial charge in [0, 0.05) is 23.9 Å². The van der Waals surface area contributed by atoms with Crippen molar-refractivity contribution in [2.75, 3.05) is 6.54 Å². The highest BCUT2D eigenvalue weighted by Gasteiger charge is 2.19. The molecule has 0 fully saturated rings. The molecule has 1 aromatic carbocycles. The zero-order valence-electron chi connectivity index (χ0n) is 12.9. The van der Waals surface area contributed by atoms with E-state index in [4.69, 9.17) is 5.11 Å². The van der Waals surface area contributed by atoms with Crippen molar-refractivity contribution in [2.24, 2.45) is 0 Å². The minimum atomic E-state index is -0.0890. The SMILES string of the molecule is O=C1NCCn2nc(-c3ccnc(-c4ccc(CO)cc4)c3)cc21. The first-order valence-corrected chi connectivity index (χ1v) is 7.77. The van der Waals surface area contributed by atoms with E-state index in [1.807, 2.05) is 42.5 Å². The van der Waals surface area contributed by atoms with Gasteiger partial charge >= 0.3 is 0 Å². The van der Waals surface area contributed by atoms with Crippen LogP contribution in [0.4, 0.5) is 0 Å². The van der Waals surface area contributed by atoms with Gasteiger partial charge < -0.3 is 10.4 Å². The first kappa shape index (κ1) is 14.6. The predicted octanol–water partition coefficient (Wildman–Crippen LogP) is 1.85. The van der Waals surface area contributed by atoms with Crippen molar-refractivity contribution in [1.29, 1.82) is 0 Å². The second-order valence-corrected chi connectivity index (χ2v) is 5.68. The average Bonchev–Trinajstić information content (AvgIpc) is 3.08. The lowest BCUT2D eigenvalue weighted by molar-refractivity contribution is 0.0924. The number of rotatable bonds is 3. The van der Waals surface area contributed by atoms with Crippen LogP contribution < -0.4 is 5.32 Å². The summed E-state index contributed by atoms with van der Waals surface area (Å²) in [6.45, 7) is 1.31. The lowest BCUT2D eigenvalue weighted by atomic mass is 10.1. The van der Waals surface area contributed by atoms with Crippen molar-refractivity contribution < 1.29 is 9.90 Å². The van der Waals surface area contributed by atoms with E-state index in [-0.39, 0.29) is 12.5 Å². The van der Waals surface area contributed by atoms with Gasteiger partial charge in [-0.1, -0.05) is 24.3 Å². The molecular weight excluding hydrogens is 304 g/mol. The fraction of sp³-hybridized carbons (Fsp3) is 0.167. The Morgan fingerprint density at radius 3 is 2.67 bits per heavy atom. The van der Waals surface area contributed by atoms with Crippen LogP contribution >= 0.6 is 0 Å². The van der Waals surface area contributed by atoms with E-state index >= 15 is 0 Å². The molecule has 24 heavy (non-hydrogen) atoms. The second kappa shape index (κ2) is 5.90. The molecule has 0 saturated carbocycles. The van der Waals surface area contributed by atoms with Gasteiger partial charge in [-0.05, 0) is 23.8 Å². The van der Waals surface area contributed by atoms with Gasteiger partial charge in [-0.3, -0.25) is 14.5 Å². The van der Waals surface area contributed by atoms with Crippen LogP contribution in [0, 0.1) is 0 Å². The topological polar surface area (TPSA) is 80.0 Å². The number of hydrogen-bond acceptors (Lipinski definition) is 4. The van der Waals surface area contributed by atoms with Crippen molar-refractivity contribution in [3.63, 3.8) is 0 Å². The average molecular weight is 320 g/mol. The summed E-state index contributed by atoms with van der Waals surface area (Å²) >= 11 is 0. The number of hydrogen-bond donors (Lipinski definition) is 2. The molecular formula is C18H16N4O2. The Morgan fingerprint density at radius 2 is 1.92 bits per heavy atom. The van der Waals surface area contributed by atoms with E-state index in [9.17, 15) is 4.79 Å². The van der Waals surface area contributed by atoms with Crippen molar-refractivity contribution in [2.45, 2.75) is 13.2 Å². The highest BCUT2D eigenvalue weighted by Crippen LogP contribution is 2.25. The van der Waals surface area contributed by atoms with Gasteiger partial charge in [0.25, 0.3) is 5.91 Å². The molecule has 1 aliphatic rings. The number of aliphatic hydroxyl groups is 1. The third-order valence-corrected chi connectivity index (χ3v) is 4.11. The highest BCUT2D eigenvalue weighted by molar-refractivity contribution is 5.94. The number of fused-ring (bicyclic) bond motifs is 1. The maximum absolute atomic E-state index is 11.9. The Hall–Kier alpha value is -2.99. The fourth-order valence-corrected chi connectivity index (χ4v) is 2.81. The number of pyridine rings is 1. The lowest BCUT2D eigenvalue weighted by Gasteiger charge is -2.13. The maximum atomic E-state index is 11.9. The number of nitrogens with zero attached hydrogens (tertiary/aromatic N) is 3. The number of carbonyl (C=O) groups excluding carboxylic acids is 1. The number of carbonyl (C=O) groups is 1. The van der Waals surface area contributed by atoms with Crippen molar-refractivity contribution >= 4 is 5.91 Å². The van der Waals surface area contributed by atoms with E-state index in [0.717, 1.165) is 28.1 Å². The predicted molar refractivity (Wildman–Crippen MR) is 89.2 cm³/mol. The lowest BCUT2D eigenvalue weighted by Crippen LogP contribution is -2.35. The van der Waals surface area contributed by atoms with Crippen molar-refractivity contribution in [3.8, 4) is 22.5 Å². The fourth-order valence-electron chi connectivity index (χ4n) is 2.81. The molecule has 3 aromatic rings. The van der Waals surface area contributed by atoms with Gasteiger partial charge in [-0.15, -0.1) is 0 Å². The van der Waals surface area contributed by atoms with Crippen LogP contribution in [0.15, 0.2) is 48.7 Å². The number of aliphatic hydroxyl groups excluding tert-OH is 1. The summed E-state index contributed by atoms with van der Waals surface area (Å²) in [5.74, 6) is -0.0890. The largest absolute Gasteiger partial charge is 0.392 e. The van der Waals surface area contributed by atoms with Gasteiger partial charge in [0.1, 0.15) is 5.69 Å². The Kier molecular flexibility index (Phi) is 3.59. The van der Waals surface area contributed by atoms with E-state index < -0.39 is 0 Å². The Bertz CT molecular complexity index is 900. The summed E-state index contributed by atoms with van der Waals surface area (Å²) in [5.41, 5.74) is 4.92. The Balaban J connectivity index is 1.71. The van der Waals surface area contributed by atoms with Crippen LogP contribution in [0.25, 0.3) is 22.5 Å². The highest BCUT2D eigenvalue weighted by atomic mass is 16.3. The quantitative estimate of drug-likeness (QED) is 0.772. The molecule has 2 N–H and O–H groups in total. The minimum Gasteiger partial charge on any atom is -0.392 e. The first-order chi connectivity index (χ1) is 11.7. The van der Waals surface area contributed by atoms with Gasteiger partial charge in [-0.25, -0.2) is 0 Å². The van der Waals surface area contributed by atoms with Gasteiger partial charge in [0.15, 0.2) is 0 Å². The molecule has 0 radical (unpaired) electrons. The summed E-state index contributed by atoms with van der Waals surface area (Å²) in [4.78, 5) is 16.3. The molecule has 4 rings (SSSR count). The smallest absolute Gasteiger partial charge is 0.269 e. The zero-order chi connectivity index (χ0) is 16.5. The minimum absolute atomic E-state index is 0.0238. The van der Waals surface area contributed by atoms with Crippen molar-refractivity contribution in [1.82, 2.24) is 20.1 Å². The first-order valence-electron chi connectivity index (χ1n) is 7.77. The number of nitrogens with one attached hydrogen (secondary N) is 1. The molecule has 0 bridgehead atoms. The maximum Gasteiger partial charge on any atom is 0.269 e. The molecule has 6 nitrogen and oxygen atoms in total. The monoisotopic (exact) mass is 320 g/mol. The second-order valence-electron chi connectivity index (χ2n) is 5.68. The van der Waals surface area contributed by atoms with Gasteiger partial charge in [0.2, 0.25) is 0 Å². The molecule has 0 spiro atoms. The summed E-state index contributed by atoms with van der Waals surface area (Å²) < 4.78 is 1.74. The third kappa shape index (κ3) is 2.57. The normalized spacial score (nSPS) is 13.5. The molecule has 3 heterocycles. The van der Waals surface area contributed by atoms with Gasteiger partial charge in [0.05, 0.1) is 24.5 Å². The zero-order valence-corrected chi connectivity index (χ0v) is 12.9. The van der Waals surface area contributed by atoms with Crippen LogP contribution in [0.2, 0.25) is 0 Å². The standard InChI is InChI=1S/C18H16N4O2/c23-11-12-1-3-13(4-2-12)15-9-14(5-6-19-15)16-10-17-18(24)20-7-8-22(17)21-16/h1-6,9-10,23H,7-8,11H2,(H,20,24).